The molecule has 0 atom stereocenters. The molecule has 4 nitrogen and oxygen atoms in total. The number of halogens is 1. The molecule has 0 aliphatic heterocycles. The zero-order chi connectivity index (χ0) is 17.1. The third-order valence-corrected chi connectivity index (χ3v) is 1.98. The van der Waals surface area contributed by atoms with E-state index in [2.05, 4.69) is 27.9 Å². The first-order valence-corrected chi connectivity index (χ1v) is 7.11. The van der Waals surface area contributed by atoms with Crippen molar-refractivity contribution in [3.8, 4) is 12.3 Å². The maximum absolute atomic E-state index is 12.4. The van der Waals surface area contributed by atoms with Crippen LogP contribution in [-0.4, -0.2) is 51.0 Å². The van der Waals surface area contributed by atoms with E-state index < -0.39 is 4.74 Å². The first-order chi connectivity index (χ1) is 10.7. The minimum Gasteiger partial charge on any atom is -0.346 e. The average molecular weight is 357 g/mol. The van der Waals surface area contributed by atoms with Crippen LogP contribution in [0.1, 0.15) is 6.92 Å². The van der Waals surface area contributed by atoms with Crippen LogP contribution in [0, 0.1) is 25.8 Å². The molecule has 22 heavy (non-hydrogen) atoms. The molecule has 0 radical (unpaired) electrons. The second-order valence-electron chi connectivity index (χ2n) is 3.30. The van der Waals surface area contributed by atoms with E-state index in [1.54, 1.807) is 6.92 Å². The fraction of sp³-hybridized carbons (Fsp3) is 0.500. The summed E-state index contributed by atoms with van der Waals surface area (Å²) in [5.41, 5.74) is 0. The van der Waals surface area contributed by atoms with Crippen LogP contribution in [-0.2, 0) is 34.0 Å². The van der Waals surface area contributed by atoms with Gasteiger partial charge in [0.1, 0.15) is 6.61 Å². The number of terminal acetylenes is 1. The maximum atomic E-state index is 12.4. The standard InChI is InChI=1S/C14H18FO4.C2H5.Ni/c1-3-7-16-8-9-17-10-11-18-12-13-19-14(4-2)5-6-15;1-2;/h1-2,4-5H,7-13H2;1H2,2H3;/q2*-1;/b14-5+;;. The van der Waals surface area contributed by atoms with Gasteiger partial charge in [-0.15, -0.1) is 6.42 Å². The summed E-state index contributed by atoms with van der Waals surface area (Å²) in [6, 6.07) is 0. The summed E-state index contributed by atoms with van der Waals surface area (Å²) in [6.07, 6.45) is 7.18. The molecule has 0 N–H and O–H groups in total. The number of ether oxygens (including phenoxy) is 4. The Bertz CT molecular complexity index is 351. The van der Waals surface area contributed by atoms with Gasteiger partial charge in [0, 0.05) is 0 Å². The van der Waals surface area contributed by atoms with Crippen LogP contribution in [0.3, 0.4) is 0 Å². The number of rotatable bonds is 13. The summed E-state index contributed by atoms with van der Waals surface area (Å²) in [6.45, 7) is 12.9. The molecule has 6 heteroatoms. The normalized spacial score (nSPS) is 10.3. The number of allylic oxidation sites excluding steroid dienone is 2. The van der Waals surface area contributed by atoms with Crippen molar-refractivity contribution in [3.05, 3.63) is 31.4 Å². The van der Waals surface area contributed by atoms with Crippen molar-refractivity contribution in [2.24, 2.45) is 0 Å². The molecule has 0 heterocycles. The molecule has 0 aromatic carbocycles. The topological polar surface area (TPSA) is 36.9 Å². The Morgan fingerprint density at radius 2 is 1.64 bits per heavy atom. The molecule has 0 aliphatic carbocycles. The summed E-state index contributed by atoms with van der Waals surface area (Å²) >= 11 is 3.96. The smallest absolute Gasteiger partial charge is 0.194 e. The second-order valence-corrected chi connectivity index (χ2v) is 3.78. The largest absolute Gasteiger partial charge is 0.346 e. The van der Waals surface area contributed by atoms with Gasteiger partial charge in [0.25, 0.3) is 0 Å². The summed E-state index contributed by atoms with van der Waals surface area (Å²) in [5, 5.41) is 0. The van der Waals surface area contributed by atoms with Crippen LogP contribution in [0.4, 0.5) is 4.39 Å². The van der Waals surface area contributed by atoms with Crippen molar-refractivity contribution >= 4 is 4.74 Å². The molecule has 0 fully saturated rings. The van der Waals surface area contributed by atoms with Gasteiger partial charge in [0.15, 0.2) is 0 Å². The predicted octanol–water partition coefficient (Wildman–Crippen LogP) is 2.05. The van der Waals surface area contributed by atoms with Crippen LogP contribution in [0.2, 0.25) is 0 Å². The molecule has 0 aromatic rings. The SMILES string of the molecule is C#CCOCCOCCOCCO/C(C=[CH-])=C/[C](F)=[Ni].[CH2-]C. The molecule has 0 bridgehead atoms. The molecule has 0 aromatic heterocycles. The van der Waals surface area contributed by atoms with Gasteiger partial charge < -0.3 is 11.7 Å². The van der Waals surface area contributed by atoms with E-state index in [0.717, 1.165) is 12.2 Å². The summed E-state index contributed by atoms with van der Waals surface area (Å²) in [5.74, 6) is 2.54. The van der Waals surface area contributed by atoms with E-state index in [-0.39, 0.29) is 19.0 Å². The van der Waals surface area contributed by atoms with Gasteiger partial charge in [-0.2, -0.15) is 6.92 Å². The van der Waals surface area contributed by atoms with Gasteiger partial charge in [-0.25, -0.2) is 0 Å². The van der Waals surface area contributed by atoms with E-state index in [0.29, 0.717) is 33.0 Å². The fourth-order valence-electron chi connectivity index (χ4n) is 1.03. The third kappa shape index (κ3) is 19.0. The van der Waals surface area contributed by atoms with Crippen molar-refractivity contribution in [1.29, 1.82) is 0 Å². The number of hydrogen-bond acceptors (Lipinski definition) is 4. The Balaban J connectivity index is 0. The minimum atomic E-state index is -0.747. The Morgan fingerprint density at radius 1 is 1.14 bits per heavy atom. The monoisotopic (exact) mass is 356 g/mol. The Hall–Kier alpha value is -0.986. The van der Waals surface area contributed by atoms with Crippen molar-refractivity contribution in [1.82, 2.24) is 0 Å². The molecular formula is C16H23FNiO4-2. The molecule has 0 aliphatic rings. The quantitative estimate of drug-likeness (QED) is 0.126. The number of hydrogen-bond donors (Lipinski definition) is 0. The van der Waals surface area contributed by atoms with E-state index in [1.165, 1.54) is 0 Å². The molecular weight excluding hydrogens is 334 g/mol. The molecule has 0 saturated carbocycles. The van der Waals surface area contributed by atoms with E-state index in [1.807, 2.05) is 0 Å². The second kappa shape index (κ2) is 20.0. The predicted molar refractivity (Wildman–Crippen MR) is 81.3 cm³/mol. The average Bonchev–Trinajstić information content (AvgIpc) is 2.53. The zero-order valence-corrected chi connectivity index (χ0v) is 13.8. The van der Waals surface area contributed by atoms with Crippen molar-refractivity contribution < 1.29 is 38.4 Å². The van der Waals surface area contributed by atoms with Gasteiger partial charge in [-0.1, -0.05) is 5.92 Å². The fourth-order valence-corrected chi connectivity index (χ4v) is 1.17. The van der Waals surface area contributed by atoms with Crippen LogP contribution < -0.4 is 0 Å². The molecule has 0 spiro atoms. The maximum Gasteiger partial charge on any atom is -0.194 e. The van der Waals surface area contributed by atoms with E-state index >= 15 is 0 Å². The molecule has 0 saturated heterocycles. The van der Waals surface area contributed by atoms with Gasteiger partial charge in [0.05, 0.1) is 0 Å². The molecule has 0 unspecified atom stereocenters. The Labute approximate surface area is 140 Å². The molecule has 0 rings (SSSR count). The van der Waals surface area contributed by atoms with Gasteiger partial charge in [-0.3, -0.25) is 0 Å². The van der Waals surface area contributed by atoms with Gasteiger partial charge in [-0.05, 0) is 0 Å². The van der Waals surface area contributed by atoms with Gasteiger partial charge >= 0.3 is 103 Å². The first kappa shape index (κ1) is 23.3. The Morgan fingerprint density at radius 3 is 2.09 bits per heavy atom. The van der Waals surface area contributed by atoms with E-state index in [4.69, 9.17) is 31.9 Å². The van der Waals surface area contributed by atoms with Crippen LogP contribution in [0.25, 0.3) is 0 Å². The van der Waals surface area contributed by atoms with Gasteiger partial charge in [0.2, 0.25) is 0 Å². The van der Waals surface area contributed by atoms with Crippen molar-refractivity contribution in [2.45, 2.75) is 6.92 Å². The van der Waals surface area contributed by atoms with Crippen molar-refractivity contribution in [2.75, 3.05) is 46.2 Å². The Kier molecular flexibility index (Phi) is 21.2. The third-order valence-electron chi connectivity index (χ3n) is 1.83. The van der Waals surface area contributed by atoms with Crippen LogP contribution in [0.15, 0.2) is 17.9 Å². The minimum absolute atomic E-state index is 0.180. The van der Waals surface area contributed by atoms with E-state index in [9.17, 15) is 4.39 Å². The first-order valence-electron chi connectivity index (χ1n) is 6.62. The summed E-state index contributed by atoms with van der Waals surface area (Å²) in [7, 11) is 0. The van der Waals surface area contributed by atoms with Crippen LogP contribution >= 0.6 is 0 Å². The zero-order valence-electron chi connectivity index (χ0n) is 12.8. The summed E-state index contributed by atoms with van der Waals surface area (Å²) in [4.78, 5) is 0. The van der Waals surface area contributed by atoms with Crippen molar-refractivity contribution in [3.63, 3.8) is 0 Å². The molecule has 0 amide bonds. The van der Waals surface area contributed by atoms with Crippen LogP contribution in [0.5, 0.6) is 0 Å². The molecule has 130 valence electrons. The summed E-state index contributed by atoms with van der Waals surface area (Å²) < 4.78 is 32.3.